The highest BCUT2D eigenvalue weighted by Crippen LogP contribution is 2.22. The van der Waals surface area contributed by atoms with Crippen LogP contribution in [-0.2, 0) is 4.79 Å². The van der Waals surface area contributed by atoms with E-state index in [-0.39, 0.29) is 18.4 Å². The van der Waals surface area contributed by atoms with Crippen molar-refractivity contribution in [1.82, 2.24) is 4.90 Å². The van der Waals surface area contributed by atoms with Gasteiger partial charge in [-0.3, -0.25) is 9.69 Å². The number of anilines is 1. The summed E-state index contributed by atoms with van der Waals surface area (Å²) in [4.78, 5) is 19.2. The van der Waals surface area contributed by atoms with Crippen molar-refractivity contribution in [2.75, 3.05) is 12.0 Å². The topological polar surface area (TPSA) is 44.7 Å². The van der Waals surface area contributed by atoms with E-state index >= 15 is 0 Å². The highest BCUT2D eigenvalue weighted by atomic mass is 19.1. The predicted molar refractivity (Wildman–Crippen MR) is 109 cm³/mol. The van der Waals surface area contributed by atoms with Gasteiger partial charge in [0, 0.05) is 11.3 Å². The zero-order chi connectivity index (χ0) is 19.3. The molecule has 0 spiro atoms. The molecule has 138 valence electrons. The van der Waals surface area contributed by atoms with Crippen molar-refractivity contribution in [3.63, 3.8) is 0 Å². The minimum atomic E-state index is -0.303. The number of nitrogens with zero attached hydrogens (tertiary/aromatic N) is 2. The number of benzene rings is 3. The van der Waals surface area contributed by atoms with Gasteiger partial charge in [-0.1, -0.05) is 60.7 Å². The van der Waals surface area contributed by atoms with E-state index in [4.69, 9.17) is 0 Å². The van der Waals surface area contributed by atoms with Crippen LogP contribution in [0.25, 0.3) is 6.08 Å². The smallest absolute Gasteiger partial charge is 0.279 e. The second-order valence-electron chi connectivity index (χ2n) is 6.32. The summed E-state index contributed by atoms with van der Waals surface area (Å²) in [5.74, 6) is 0.0992. The number of carbonyl (C=O) groups excluding carboxylic acids is 1. The molecule has 0 aromatic heterocycles. The molecule has 0 saturated heterocycles. The van der Waals surface area contributed by atoms with Gasteiger partial charge in [-0.05, 0) is 35.9 Å². The Morgan fingerprint density at radius 3 is 2.21 bits per heavy atom. The van der Waals surface area contributed by atoms with Crippen LogP contribution in [0, 0.1) is 5.82 Å². The van der Waals surface area contributed by atoms with Crippen LogP contribution in [0.15, 0.2) is 95.6 Å². The van der Waals surface area contributed by atoms with E-state index in [1.54, 1.807) is 23.1 Å². The summed E-state index contributed by atoms with van der Waals surface area (Å²) in [7, 11) is 0. The molecule has 0 aliphatic carbocycles. The second kappa shape index (κ2) is 7.88. The molecule has 1 aliphatic rings. The molecule has 5 heteroatoms. The van der Waals surface area contributed by atoms with Crippen LogP contribution in [0.2, 0.25) is 0 Å². The largest absolute Gasteiger partial charge is 0.367 e. The third kappa shape index (κ3) is 3.83. The SMILES string of the molecule is O=C1C(=Cc2ccccc2)N=C(c2ccccc2)N1CNc1ccc(F)cc1. The molecule has 4 rings (SSSR count). The highest BCUT2D eigenvalue weighted by Gasteiger charge is 2.30. The lowest BCUT2D eigenvalue weighted by Crippen LogP contribution is -2.37. The van der Waals surface area contributed by atoms with E-state index in [2.05, 4.69) is 10.3 Å². The Morgan fingerprint density at radius 2 is 1.54 bits per heavy atom. The standard InChI is InChI=1S/C23H18FN3O/c24-19-11-13-20(14-12-19)25-16-27-22(18-9-5-2-6-10-18)26-21(23(27)28)15-17-7-3-1-4-8-17/h1-15,25H,16H2. The Balaban J connectivity index is 1.63. The fourth-order valence-corrected chi connectivity index (χ4v) is 2.95. The lowest BCUT2D eigenvalue weighted by Gasteiger charge is -2.19. The summed E-state index contributed by atoms with van der Waals surface area (Å²) in [6.45, 7) is 0.227. The van der Waals surface area contributed by atoms with Gasteiger partial charge in [0.2, 0.25) is 0 Å². The van der Waals surface area contributed by atoms with Crippen molar-refractivity contribution in [3.05, 3.63) is 108 Å². The summed E-state index contributed by atoms with van der Waals surface area (Å²) in [6.07, 6.45) is 1.78. The molecule has 0 bridgehead atoms. The van der Waals surface area contributed by atoms with Crippen molar-refractivity contribution in [1.29, 1.82) is 0 Å². The molecule has 0 radical (unpaired) electrons. The Bertz CT molecular complexity index is 1030. The molecule has 1 aliphatic heterocycles. The monoisotopic (exact) mass is 371 g/mol. The maximum absolute atomic E-state index is 13.1. The number of amidine groups is 1. The maximum atomic E-state index is 13.1. The van der Waals surface area contributed by atoms with Crippen LogP contribution in [0.5, 0.6) is 0 Å². The Kier molecular flexibility index (Phi) is 4.97. The fourth-order valence-electron chi connectivity index (χ4n) is 2.95. The average molecular weight is 371 g/mol. The van der Waals surface area contributed by atoms with Crippen molar-refractivity contribution in [2.45, 2.75) is 0 Å². The maximum Gasteiger partial charge on any atom is 0.279 e. The Hall–Kier alpha value is -3.73. The normalized spacial score (nSPS) is 15.0. The summed E-state index contributed by atoms with van der Waals surface area (Å²) < 4.78 is 13.1. The van der Waals surface area contributed by atoms with E-state index in [9.17, 15) is 9.18 Å². The van der Waals surface area contributed by atoms with Crippen LogP contribution in [0.3, 0.4) is 0 Å². The molecule has 0 unspecified atom stereocenters. The van der Waals surface area contributed by atoms with E-state index in [0.717, 1.165) is 16.8 Å². The molecule has 1 amide bonds. The van der Waals surface area contributed by atoms with Crippen LogP contribution < -0.4 is 5.32 Å². The molecule has 3 aromatic carbocycles. The van der Waals surface area contributed by atoms with Crippen LogP contribution in [-0.4, -0.2) is 23.3 Å². The molecular weight excluding hydrogens is 353 g/mol. The minimum absolute atomic E-state index is 0.183. The van der Waals surface area contributed by atoms with Gasteiger partial charge in [-0.15, -0.1) is 0 Å². The number of aliphatic imine (C=N–C) groups is 1. The van der Waals surface area contributed by atoms with Crippen molar-refractivity contribution < 1.29 is 9.18 Å². The summed E-state index contributed by atoms with van der Waals surface area (Å²) >= 11 is 0. The summed E-state index contributed by atoms with van der Waals surface area (Å²) in [6, 6.07) is 25.2. The number of carbonyl (C=O) groups is 1. The quantitative estimate of drug-likeness (QED) is 0.670. The van der Waals surface area contributed by atoms with E-state index in [1.165, 1.54) is 12.1 Å². The van der Waals surface area contributed by atoms with Crippen LogP contribution in [0.4, 0.5) is 10.1 Å². The summed E-state index contributed by atoms with van der Waals surface area (Å²) in [5.41, 5.74) is 2.87. The van der Waals surface area contributed by atoms with Gasteiger partial charge in [0.25, 0.3) is 5.91 Å². The van der Waals surface area contributed by atoms with E-state index in [0.29, 0.717) is 11.5 Å². The third-order valence-corrected chi connectivity index (χ3v) is 4.37. The van der Waals surface area contributed by atoms with Crippen LogP contribution >= 0.6 is 0 Å². The molecular formula is C23H18FN3O. The van der Waals surface area contributed by atoms with Crippen LogP contribution in [0.1, 0.15) is 11.1 Å². The van der Waals surface area contributed by atoms with Gasteiger partial charge >= 0.3 is 0 Å². The first-order valence-electron chi connectivity index (χ1n) is 8.93. The lowest BCUT2D eigenvalue weighted by molar-refractivity contribution is -0.122. The van der Waals surface area contributed by atoms with E-state index in [1.807, 2.05) is 60.7 Å². The minimum Gasteiger partial charge on any atom is -0.367 e. The van der Waals surface area contributed by atoms with Gasteiger partial charge in [0.1, 0.15) is 17.3 Å². The zero-order valence-electron chi connectivity index (χ0n) is 15.0. The third-order valence-electron chi connectivity index (χ3n) is 4.37. The molecule has 0 atom stereocenters. The first-order valence-corrected chi connectivity index (χ1v) is 8.93. The predicted octanol–water partition coefficient (Wildman–Crippen LogP) is 4.53. The van der Waals surface area contributed by atoms with Crippen molar-refractivity contribution >= 4 is 23.5 Å². The molecule has 1 N–H and O–H groups in total. The number of amides is 1. The molecule has 28 heavy (non-hydrogen) atoms. The molecule has 1 heterocycles. The fraction of sp³-hybridized carbons (Fsp3) is 0.0435. The average Bonchev–Trinajstić information content (AvgIpc) is 3.04. The number of nitrogens with one attached hydrogen (secondary N) is 1. The van der Waals surface area contributed by atoms with Gasteiger partial charge in [0.05, 0.1) is 6.67 Å². The molecule has 3 aromatic rings. The molecule has 0 saturated carbocycles. The number of rotatable bonds is 5. The Labute approximate surface area is 162 Å². The lowest BCUT2D eigenvalue weighted by atomic mass is 10.2. The van der Waals surface area contributed by atoms with E-state index < -0.39 is 0 Å². The Morgan fingerprint density at radius 1 is 0.893 bits per heavy atom. The van der Waals surface area contributed by atoms with Crippen molar-refractivity contribution in [3.8, 4) is 0 Å². The van der Waals surface area contributed by atoms with Crippen molar-refractivity contribution in [2.24, 2.45) is 4.99 Å². The summed E-state index contributed by atoms with van der Waals surface area (Å²) in [5, 5.41) is 3.16. The number of halogens is 1. The van der Waals surface area contributed by atoms with Gasteiger partial charge in [0.15, 0.2) is 0 Å². The van der Waals surface area contributed by atoms with Gasteiger partial charge in [-0.2, -0.15) is 0 Å². The first kappa shape index (κ1) is 17.7. The second-order valence-corrected chi connectivity index (χ2v) is 6.32. The number of hydrogen-bond acceptors (Lipinski definition) is 3. The molecule has 4 nitrogen and oxygen atoms in total. The molecule has 0 fully saturated rings. The van der Waals surface area contributed by atoms with Gasteiger partial charge in [-0.25, -0.2) is 9.38 Å². The first-order chi connectivity index (χ1) is 13.7. The number of hydrogen-bond donors (Lipinski definition) is 1. The highest BCUT2D eigenvalue weighted by molar-refractivity contribution is 6.19. The van der Waals surface area contributed by atoms with Gasteiger partial charge < -0.3 is 5.32 Å². The zero-order valence-corrected chi connectivity index (χ0v) is 15.0.